The van der Waals surface area contributed by atoms with E-state index in [0.29, 0.717) is 99.8 Å². The first kappa shape index (κ1) is 82.0. The van der Waals surface area contributed by atoms with Crippen LogP contribution in [0.1, 0.15) is 190 Å². The van der Waals surface area contributed by atoms with Crippen molar-refractivity contribution < 1.29 is 90.0 Å². The van der Waals surface area contributed by atoms with E-state index in [4.69, 9.17) is 25.6 Å². The molecule has 24 rings (SSSR count). The minimum atomic E-state index is -2.09. The first-order valence-corrected chi connectivity index (χ1v) is 45.4. The largest absolute Gasteiger partial charge is 0.486 e. The van der Waals surface area contributed by atoms with Crippen molar-refractivity contribution >= 4 is 66.2 Å². The molecule has 0 bridgehead atoms. The predicted molar refractivity (Wildman–Crippen MR) is 541 cm³/mol. The number of fused-ring (bicyclic) bond motifs is 9. The fourth-order valence-electron chi connectivity index (χ4n) is 17.7. The van der Waals surface area contributed by atoms with Crippen LogP contribution in [0.4, 0.5) is 0 Å². The zero-order valence-electron chi connectivity index (χ0n) is 87.7. The molecule has 0 amide bonds. The van der Waals surface area contributed by atoms with Crippen LogP contribution in [-0.2, 0) is 60.3 Å². The van der Waals surface area contributed by atoms with Crippen LogP contribution in [-0.4, -0.2) is 44.9 Å². The molecule has 0 N–H and O–H groups in total. The van der Waals surface area contributed by atoms with Crippen molar-refractivity contribution in [3.8, 4) is 67.5 Å². The maximum Gasteiger partial charge on any atom is 0.216 e. The number of hydrogen-bond acceptors (Lipinski definition) is 12. The van der Waals surface area contributed by atoms with E-state index in [1.807, 2.05) is 300 Å². The van der Waals surface area contributed by atoms with Crippen LogP contribution in [0.5, 0.6) is 0 Å². The predicted octanol–water partition coefficient (Wildman–Crippen LogP) is 31.0. The van der Waals surface area contributed by atoms with Gasteiger partial charge in [-0.1, -0.05) is 202 Å². The molecule has 0 unspecified atom stereocenters. The van der Waals surface area contributed by atoms with Gasteiger partial charge in [-0.2, -0.15) is 0 Å². The van der Waals surface area contributed by atoms with Crippen molar-refractivity contribution in [2.24, 2.45) is 0 Å². The van der Waals surface area contributed by atoms with Crippen LogP contribution in [0.25, 0.3) is 134 Å². The van der Waals surface area contributed by atoms with Crippen LogP contribution >= 0.6 is 0 Å². The van der Waals surface area contributed by atoms with Crippen molar-refractivity contribution in [2.75, 3.05) is 0 Å². The zero-order valence-corrected chi connectivity index (χ0v) is 82.9. The van der Waals surface area contributed by atoms with E-state index in [2.05, 4.69) is 81.3 Å². The van der Waals surface area contributed by atoms with Gasteiger partial charge in [0.1, 0.15) is 0 Å². The van der Waals surface area contributed by atoms with Crippen molar-refractivity contribution in [1.82, 2.24) is 44.9 Å². The number of pyridine rings is 9. The van der Waals surface area contributed by atoms with E-state index in [1.54, 1.807) is 61.3 Å². The van der Waals surface area contributed by atoms with Gasteiger partial charge in [-0.15, -0.1) is 162 Å². The smallest absolute Gasteiger partial charge is 0.216 e. The summed E-state index contributed by atoms with van der Waals surface area (Å²) in [5.74, 6) is -4.09. The standard InChI is InChI=1S/3C29H25N2O.2C12H10N.C11H8N.3Ir/c3*1-19-10-15-25-24-8-5-9-26(28(24)32-29(25)31-19)27-18-23(16-17-30-27)22-13-11-21(12-14-22)20-6-3-2-4-7-20;1-10-5-7-11(8-6-10)12-4-2-3-9-13-12;1-10-7-8-12(13-9-10)11-5-3-2-4-6-11;1-2-6-10(7-3-1)11-8-4-5-9-12-11;;;/h3*2-8,10,15-18,21-22H,11-14H2,1H3;2-7,9H,1H3;2-5,7-9H,1H3;1-6,8-9H;;;/q6*-1;;;/i3*21D,22D;2*1D3;;;;. The molecule has 0 aliphatic heterocycles. The SMILES string of the molecule is [2H]C([2H])([2H])c1c[c-]c(-c2ccccn2)cc1.[2H]C([2H])([2H])c1ccc(-c2[c-]cccc2)nc1.[2H]C1(c2ccccc2)CCC([2H])(c2ccnc(-c3[c-]ccc4c3oc3nc(C)ccc34)c2)CC1.[2H]C1(c2ccccc2)CCC([2H])(c2ccnc(-c3[c-]ccc4c3oc3nc(C)ccc34)c2)CC1.[2H]C1(c2ccccc2)CCC([2H])(c2ccnc(-c3[c-]ccc4c3oc3nc(C)ccc34)c2)CC1.[Ir].[Ir].[Ir].[c-]1ccccc1-c1ccccn1. The molecule has 12 heterocycles. The summed E-state index contributed by atoms with van der Waals surface area (Å²) in [6.45, 7) is 1.69. The molecule has 687 valence electrons. The van der Waals surface area contributed by atoms with Crippen LogP contribution in [0.3, 0.4) is 0 Å². The van der Waals surface area contributed by atoms with Gasteiger partial charge in [0.2, 0.25) is 17.1 Å². The first-order valence-electron chi connectivity index (χ1n) is 51.4. The van der Waals surface area contributed by atoms with Gasteiger partial charge in [0, 0.05) is 147 Å². The Balaban J connectivity index is 0.000000132. The third kappa shape index (κ3) is 23.5. The number of rotatable bonds is 12. The second kappa shape index (κ2) is 46.5. The summed E-state index contributed by atoms with van der Waals surface area (Å²) in [7, 11) is 0. The quantitative estimate of drug-likeness (QED) is 0.107. The molecule has 3 radical (unpaired) electrons. The molecule has 21 aromatic rings. The van der Waals surface area contributed by atoms with E-state index < -0.39 is 49.1 Å². The topological polar surface area (TPSA) is 155 Å². The minimum absolute atomic E-state index is 0. The van der Waals surface area contributed by atoms with Crippen molar-refractivity contribution in [2.45, 2.75) is 147 Å². The first-order chi connectivity index (χ1) is 70.5. The van der Waals surface area contributed by atoms with Crippen LogP contribution in [0.15, 0.2) is 366 Å². The summed E-state index contributed by atoms with van der Waals surface area (Å²) in [6, 6.07) is 120. The van der Waals surface area contributed by atoms with E-state index in [-0.39, 0.29) is 65.9 Å². The summed E-state index contributed by atoms with van der Waals surface area (Å²) in [5.41, 5.74) is 23.0. The van der Waals surface area contributed by atoms with E-state index in [9.17, 15) is 4.11 Å². The fraction of sp³-hybridized carbons (Fsp3) is 0.189. The molecule has 3 fully saturated rings. The molecule has 137 heavy (non-hydrogen) atoms. The molecular weight excluding hydrogens is 2220 g/mol. The number of hydrogen-bond donors (Lipinski definition) is 0. The molecule has 9 aromatic carbocycles. The number of aromatic nitrogens is 9. The molecule has 15 heteroatoms. The van der Waals surface area contributed by atoms with Crippen LogP contribution in [0.2, 0.25) is 0 Å². The second-order valence-corrected chi connectivity index (χ2v) is 33.4. The average molecular weight is 2330 g/mol. The summed E-state index contributed by atoms with van der Waals surface area (Å²) < 4.78 is 117. The van der Waals surface area contributed by atoms with Gasteiger partial charge in [0.05, 0.1) is 16.7 Å². The Morgan fingerprint density at radius 3 is 0.891 bits per heavy atom. The van der Waals surface area contributed by atoms with E-state index >= 15 is 0 Å². The Morgan fingerprint density at radius 1 is 0.263 bits per heavy atom. The van der Waals surface area contributed by atoms with Gasteiger partial charge in [0.25, 0.3) is 0 Å². The summed E-state index contributed by atoms with van der Waals surface area (Å²) in [6.07, 6.45) is 18.0. The summed E-state index contributed by atoms with van der Waals surface area (Å²) >= 11 is 0. The molecule has 12 nitrogen and oxygen atoms in total. The third-order valence-corrected chi connectivity index (χ3v) is 24.7. The molecule has 0 spiro atoms. The maximum absolute atomic E-state index is 9.28. The van der Waals surface area contributed by atoms with Gasteiger partial charge < -0.3 is 43.2 Å². The number of aryl methyl sites for hydroxylation is 5. The fourth-order valence-corrected chi connectivity index (χ4v) is 17.7. The normalized spacial score (nSPS) is 20.7. The molecule has 3 aliphatic rings. The van der Waals surface area contributed by atoms with Crippen molar-refractivity contribution in [1.29, 1.82) is 0 Å². The summed E-state index contributed by atoms with van der Waals surface area (Å²) in [4.78, 5) is 40.0. The van der Waals surface area contributed by atoms with Gasteiger partial charge in [0.15, 0.2) is 0 Å². The number of furan rings is 3. The Labute approximate surface area is 859 Å². The van der Waals surface area contributed by atoms with Crippen LogP contribution < -0.4 is 0 Å². The Hall–Kier alpha value is -13.3. The Morgan fingerprint density at radius 2 is 0.584 bits per heavy atom. The van der Waals surface area contributed by atoms with E-state index in [1.165, 1.54) is 12.3 Å². The van der Waals surface area contributed by atoms with Gasteiger partial charge >= 0.3 is 0 Å². The second-order valence-electron chi connectivity index (χ2n) is 33.4. The van der Waals surface area contributed by atoms with Crippen molar-refractivity contribution in [3.63, 3.8) is 0 Å². The Kier molecular flexibility index (Phi) is 27.8. The number of benzene rings is 9. The van der Waals surface area contributed by atoms with Gasteiger partial charge in [-0.25, -0.2) is 15.0 Å². The van der Waals surface area contributed by atoms with Gasteiger partial charge in [-0.05, 0) is 263 Å². The molecule has 0 atom stereocenters. The van der Waals surface area contributed by atoms with Crippen molar-refractivity contribution in [3.05, 3.63) is 451 Å². The minimum Gasteiger partial charge on any atom is -0.486 e. The molecule has 0 saturated heterocycles. The zero-order chi connectivity index (χ0) is 101. The van der Waals surface area contributed by atoms with E-state index in [0.717, 1.165) is 167 Å². The molecule has 12 aromatic heterocycles. The Bertz CT molecular complexity index is 7430. The molecule has 3 saturated carbocycles. The molecule has 3 aliphatic carbocycles. The third-order valence-electron chi connectivity index (χ3n) is 24.7. The maximum atomic E-state index is 9.28. The summed E-state index contributed by atoms with van der Waals surface area (Å²) in [5, 5.41) is 5.90. The van der Waals surface area contributed by atoms with Gasteiger partial charge in [-0.3, -0.25) is 0 Å². The molecular formula is C122H103Ir3N9O3-6. The van der Waals surface area contributed by atoms with Crippen LogP contribution in [0, 0.1) is 70.9 Å². The number of nitrogens with zero attached hydrogens (tertiary/aromatic N) is 9. The average Bonchev–Trinajstić information content (AvgIpc) is 1.58. The monoisotopic (exact) mass is 2330 g/mol.